The molecule has 0 atom stereocenters. The van der Waals surface area contributed by atoms with Gasteiger partial charge in [-0.05, 0) is 29.5 Å². The van der Waals surface area contributed by atoms with Crippen molar-refractivity contribution in [3.8, 4) is 11.3 Å². The van der Waals surface area contributed by atoms with Crippen molar-refractivity contribution in [3.63, 3.8) is 0 Å². The molecule has 3 heterocycles. The van der Waals surface area contributed by atoms with Crippen molar-refractivity contribution in [1.82, 2.24) is 23.1 Å². The van der Waals surface area contributed by atoms with Gasteiger partial charge in [0.2, 0.25) is 5.78 Å². The molecular weight excluding hydrogens is 402 g/mol. The van der Waals surface area contributed by atoms with Gasteiger partial charge in [-0.3, -0.25) is 18.3 Å². The second-order valence-electron chi connectivity index (χ2n) is 8.11. The molecule has 7 nitrogen and oxygen atoms in total. The summed E-state index contributed by atoms with van der Waals surface area (Å²) in [5.41, 5.74) is 4.64. The van der Waals surface area contributed by atoms with E-state index in [9.17, 15) is 9.59 Å². The van der Waals surface area contributed by atoms with E-state index in [-0.39, 0.29) is 11.2 Å². The highest BCUT2D eigenvalue weighted by Gasteiger charge is 2.20. The molecule has 0 aliphatic rings. The van der Waals surface area contributed by atoms with Gasteiger partial charge in [0.15, 0.2) is 11.2 Å². The van der Waals surface area contributed by atoms with E-state index in [1.165, 1.54) is 22.7 Å². The van der Waals surface area contributed by atoms with Crippen molar-refractivity contribution in [2.45, 2.75) is 26.3 Å². The third-order valence-electron chi connectivity index (χ3n) is 6.18. The van der Waals surface area contributed by atoms with Crippen LogP contribution in [0.2, 0.25) is 0 Å². The number of rotatable bonds is 5. The minimum absolute atomic E-state index is 0.344. The lowest BCUT2D eigenvalue weighted by molar-refractivity contribution is 0.706. The molecule has 0 bridgehead atoms. The van der Waals surface area contributed by atoms with Gasteiger partial charge in [-0.25, -0.2) is 4.79 Å². The van der Waals surface area contributed by atoms with Gasteiger partial charge in [-0.15, -0.1) is 0 Å². The zero-order valence-electron chi connectivity index (χ0n) is 18.4. The van der Waals surface area contributed by atoms with Crippen LogP contribution < -0.4 is 11.2 Å². The number of aromatic nitrogens is 5. The molecule has 0 unspecified atom stereocenters. The lowest BCUT2D eigenvalue weighted by atomic mass is 10.1. The number of imidazole rings is 2. The van der Waals surface area contributed by atoms with Crippen LogP contribution in [0.5, 0.6) is 0 Å². The van der Waals surface area contributed by atoms with Crippen molar-refractivity contribution in [2.75, 3.05) is 0 Å². The van der Waals surface area contributed by atoms with Crippen LogP contribution in [0, 0.1) is 0 Å². The van der Waals surface area contributed by atoms with E-state index in [0.29, 0.717) is 23.5 Å². The molecule has 5 rings (SSSR count). The third kappa shape index (κ3) is 3.09. The maximum Gasteiger partial charge on any atom is 0.332 e. The highest BCUT2D eigenvalue weighted by molar-refractivity contribution is 5.78. The van der Waals surface area contributed by atoms with E-state index in [1.807, 2.05) is 28.8 Å². The fraction of sp³-hybridized carbons (Fsp3) is 0.240. The molecule has 0 saturated carbocycles. The van der Waals surface area contributed by atoms with Crippen molar-refractivity contribution in [1.29, 1.82) is 0 Å². The quantitative estimate of drug-likeness (QED) is 0.433. The van der Waals surface area contributed by atoms with Crippen LogP contribution in [0.4, 0.5) is 0 Å². The fourth-order valence-corrected chi connectivity index (χ4v) is 4.26. The Labute approximate surface area is 184 Å². The molecule has 7 heteroatoms. The Morgan fingerprint density at radius 1 is 0.875 bits per heavy atom. The highest BCUT2D eigenvalue weighted by atomic mass is 16.2. The molecule has 32 heavy (non-hydrogen) atoms. The number of fused-ring (bicyclic) bond motifs is 3. The maximum absolute atomic E-state index is 13.0. The molecule has 5 aromatic rings. The lowest BCUT2D eigenvalue weighted by Gasteiger charge is -2.10. The molecule has 0 N–H and O–H groups in total. The van der Waals surface area contributed by atoms with E-state index < -0.39 is 0 Å². The number of hydrogen-bond acceptors (Lipinski definition) is 3. The minimum atomic E-state index is -0.380. The van der Waals surface area contributed by atoms with E-state index in [2.05, 4.69) is 47.9 Å². The Morgan fingerprint density at radius 2 is 1.59 bits per heavy atom. The molecule has 2 aromatic carbocycles. The molecule has 0 saturated heterocycles. The van der Waals surface area contributed by atoms with Gasteiger partial charge >= 0.3 is 5.69 Å². The first-order chi connectivity index (χ1) is 15.5. The molecule has 162 valence electrons. The summed E-state index contributed by atoms with van der Waals surface area (Å²) in [6.07, 6.45) is 3.77. The average molecular weight is 428 g/mol. The van der Waals surface area contributed by atoms with E-state index in [0.717, 1.165) is 28.7 Å². The predicted octanol–water partition coefficient (Wildman–Crippen LogP) is 3.16. The topological polar surface area (TPSA) is 66.2 Å². The van der Waals surface area contributed by atoms with Crippen LogP contribution >= 0.6 is 0 Å². The van der Waals surface area contributed by atoms with Crippen LogP contribution in [0.1, 0.15) is 18.1 Å². The number of benzene rings is 2. The predicted molar refractivity (Wildman–Crippen MR) is 126 cm³/mol. The summed E-state index contributed by atoms with van der Waals surface area (Å²) in [5, 5.41) is 0. The van der Waals surface area contributed by atoms with Gasteiger partial charge in [0, 0.05) is 26.8 Å². The maximum atomic E-state index is 13.0. The van der Waals surface area contributed by atoms with Crippen LogP contribution in [-0.2, 0) is 33.5 Å². The normalized spacial score (nSPS) is 11.6. The number of nitrogens with zero attached hydrogens (tertiary/aromatic N) is 5. The molecule has 0 amide bonds. The first kappa shape index (κ1) is 20.1. The first-order valence-corrected chi connectivity index (χ1v) is 10.8. The molecule has 0 aliphatic heterocycles. The Hall–Kier alpha value is -3.87. The van der Waals surface area contributed by atoms with Crippen molar-refractivity contribution < 1.29 is 0 Å². The smallest absolute Gasteiger partial charge is 0.309 e. The molecule has 0 fully saturated rings. The second kappa shape index (κ2) is 7.67. The van der Waals surface area contributed by atoms with Gasteiger partial charge in [0.05, 0.1) is 5.69 Å². The van der Waals surface area contributed by atoms with Crippen molar-refractivity contribution in [3.05, 3.63) is 92.8 Å². The van der Waals surface area contributed by atoms with Gasteiger partial charge in [0.25, 0.3) is 5.56 Å². The SMILES string of the molecule is CCc1ccc(-c2cn3c4c(=O)n(C)c(=O)n(C)c4nc3n2CCc2ccccc2)cc1. The highest BCUT2D eigenvalue weighted by Crippen LogP contribution is 2.26. The summed E-state index contributed by atoms with van der Waals surface area (Å²) < 4.78 is 6.53. The van der Waals surface area contributed by atoms with Crippen LogP contribution in [0.15, 0.2) is 70.4 Å². The largest absolute Gasteiger partial charge is 0.332 e. The molecule has 0 spiro atoms. The number of aryl methyl sites for hydroxylation is 4. The summed E-state index contributed by atoms with van der Waals surface area (Å²) in [7, 11) is 3.15. The van der Waals surface area contributed by atoms with E-state index in [1.54, 1.807) is 7.05 Å². The Kier molecular flexibility index (Phi) is 4.81. The molecule has 3 aromatic heterocycles. The Bertz CT molecular complexity index is 1550. The van der Waals surface area contributed by atoms with Gasteiger partial charge < -0.3 is 4.57 Å². The van der Waals surface area contributed by atoms with Gasteiger partial charge in [-0.1, -0.05) is 61.5 Å². The van der Waals surface area contributed by atoms with Crippen LogP contribution in [0.25, 0.3) is 28.2 Å². The van der Waals surface area contributed by atoms with E-state index in [4.69, 9.17) is 4.98 Å². The number of hydrogen-bond donors (Lipinski definition) is 0. The zero-order valence-corrected chi connectivity index (χ0v) is 18.4. The minimum Gasteiger partial charge on any atom is -0.309 e. The zero-order chi connectivity index (χ0) is 22.4. The first-order valence-electron chi connectivity index (χ1n) is 10.8. The van der Waals surface area contributed by atoms with Crippen LogP contribution in [0.3, 0.4) is 0 Å². The monoisotopic (exact) mass is 427 g/mol. The summed E-state index contributed by atoms with van der Waals surface area (Å²) >= 11 is 0. The Morgan fingerprint density at radius 3 is 2.28 bits per heavy atom. The van der Waals surface area contributed by atoms with Gasteiger partial charge in [-0.2, -0.15) is 4.98 Å². The summed E-state index contributed by atoms with van der Waals surface area (Å²) in [6.45, 7) is 2.83. The van der Waals surface area contributed by atoms with Gasteiger partial charge in [0.1, 0.15) is 0 Å². The van der Waals surface area contributed by atoms with Crippen molar-refractivity contribution >= 4 is 16.9 Å². The standard InChI is InChI=1S/C25H25N5O2/c1-4-17-10-12-19(13-11-17)20-16-30-21-22(27(2)25(32)28(3)23(21)31)26-24(30)29(20)15-14-18-8-6-5-7-9-18/h5-13,16H,4,14-15H2,1-3H3. The third-order valence-corrected chi connectivity index (χ3v) is 6.18. The summed E-state index contributed by atoms with van der Waals surface area (Å²) in [6, 6.07) is 18.8. The molecule has 0 radical (unpaired) electrons. The lowest BCUT2D eigenvalue weighted by Crippen LogP contribution is -2.37. The fourth-order valence-electron chi connectivity index (χ4n) is 4.26. The summed E-state index contributed by atoms with van der Waals surface area (Å²) in [5.74, 6) is 0.656. The molecular formula is C25H25N5O2. The van der Waals surface area contributed by atoms with Crippen molar-refractivity contribution in [2.24, 2.45) is 14.1 Å². The summed E-state index contributed by atoms with van der Waals surface area (Å²) in [4.78, 5) is 30.1. The van der Waals surface area contributed by atoms with E-state index >= 15 is 0 Å². The Balaban J connectivity index is 1.75. The van der Waals surface area contributed by atoms with Crippen LogP contribution in [-0.4, -0.2) is 23.1 Å². The second-order valence-corrected chi connectivity index (χ2v) is 8.11. The average Bonchev–Trinajstić information content (AvgIpc) is 3.37. The molecule has 0 aliphatic carbocycles.